The molecule has 0 rings (SSSR count). The molecule has 0 N–H and O–H groups in total. The van der Waals surface area contributed by atoms with Gasteiger partial charge in [0.15, 0.2) is 6.10 Å². The normalized spacial score (nSPS) is 12.4. The monoisotopic (exact) mass is 897 g/mol. The highest BCUT2D eigenvalue weighted by Gasteiger charge is 2.19. The van der Waals surface area contributed by atoms with E-state index in [2.05, 4.69) is 69.4 Å². The highest BCUT2D eigenvalue weighted by molar-refractivity contribution is 5.71. The number of hydrogen-bond donors (Lipinski definition) is 0. The van der Waals surface area contributed by atoms with Gasteiger partial charge in [0.1, 0.15) is 13.2 Å². The SMILES string of the molecule is CCCCC/C=C\C=C/CCCCCCCCCCCCC(=O)OCC(COC(=O)CCCCCCC/C=C\CCCCC)OC(=O)CCCCCCCCC/C=C\CCCCCC. The van der Waals surface area contributed by atoms with Crippen LogP contribution >= 0.6 is 0 Å². The first-order valence-corrected chi connectivity index (χ1v) is 27.7. The Balaban J connectivity index is 4.34. The quantitative estimate of drug-likeness (QED) is 0.0199. The van der Waals surface area contributed by atoms with E-state index >= 15 is 0 Å². The molecule has 0 bridgehead atoms. The molecule has 1 unspecified atom stereocenters. The first kappa shape index (κ1) is 61.4. The van der Waals surface area contributed by atoms with Gasteiger partial charge in [-0.2, -0.15) is 0 Å². The summed E-state index contributed by atoms with van der Waals surface area (Å²) in [6, 6.07) is 0. The van der Waals surface area contributed by atoms with Crippen LogP contribution in [-0.4, -0.2) is 37.2 Å². The highest BCUT2D eigenvalue weighted by Crippen LogP contribution is 2.15. The zero-order valence-corrected chi connectivity index (χ0v) is 42.6. The number of carbonyl (C=O) groups excluding carboxylic acids is 3. The van der Waals surface area contributed by atoms with Crippen molar-refractivity contribution in [2.75, 3.05) is 13.2 Å². The molecule has 0 aliphatic carbocycles. The fraction of sp³-hybridized carbons (Fsp3) is 0.810. The molecule has 0 radical (unpaired) electrons. The van der Waals surface area contributed by atoms with Crippen LogP contribution in [0.1, 0.15) is 284 Å². The van der Waals surface area contributed by atoms with Gasteiger partial charge in [-0.05, 0) is 96.3 Å². The summed E-state index contributed by atoms with van der Waals surface area (Å²) in [6.45, 7) is 6.58. The van der Waals surface area contributed by atoms with Crippen molar-refractivity contribution in [2.24, 2.45) is 0 Å². The van der Waals surface area contributed by atoms with E-state index in [1.165, 1.54) is 180 Å². The molecule has 0 saturated heterocycles. The molecule has 64 heavy (non-hydrogen) atoms. The van der Waals surface area contributed by atoms with Crippen LogP contribution in [0.5, 0.6) is 0 Å². The molecule has 0 aromatic rings. The Bertz CT molecular complexity index is 1120. The summed E-state index contributed by atoms with van der Waals surface area (Å²) >= 11 is 0. The van der Waals surface area contributed by atoms with Gasteiger partial charge < -0.3 is 14.2 Å². The highest BCUT2D eigenvalue weighted by atomic mass is 16.6. The molecule has 0 fully saturated rings. The number of allylic oxidation sites excluding steroid dienone is 8. The maximum atomic E-state index is 12.8. The minimum atomic E-state index is -0.778. The van der Waals surface area contributed by atoms with Gasteiger partial charge in [-0.1, -0.05) is 217 Å². The fourth-order valence-corrected chi connectivity index (χ4v) is 7.83. The van der Waals surface area contributed by atoms with E-state index in [0.29, 0.717) is 19.3 Å². The first-order valence-electron chi connectivity index (χ1n) is 27.7. The smallest absolute Gasteiger partial charge is 0.306 e. The van der Waals surface area contributed by atoms with Crippen LogP contribution in [-0.2, 0) is 28.6 Å². The predicted molar refractivity (Wildman–Crippen MR) is 275 cm³/mol. The number of rotatable bonds is 50. The van der Waals surface area contributed by atoms with Crippen LogP contribution in [0.2, 0.25) is 0 Å². The Morgan fingerprint density at radius 1 is 0.312 bits per heavy atom. The van der Waals surface area contributed by atoms with Gasteiger partial charge in [-0.25, -0.2) is 0 Å². The lowest BCUT2D eigenvalue weighted by Crippen LogP contribution is -2.30. The Hall–Kier alpha value is -2.63. The topological polar surface area (TPSA) is 78.9 Å². The van der Waals surface area contributed by atoms with E-state index < -0.39 is 6.10 Å². The number of carbonyl (C=O) groups is 3. The van der Waals surface area contributed by atoms with E-state index in [0.717, 1.165) is 64.2 Å². The number of esters is 3. The molecule has 0 aromatic carbocycles. The molecule has 0 amide bonds. The van der Waals surface area contributed by atoms with Crippen LogP contribution in [0.4, 0.5) is 0 Å². The molecule has 0 aliphatic heterocycles. The summed E-state index contributed by atoms with van der Waals surface area (Å²) in [4.78, 5) is 38.0. The zero-order valence-electron chi connectivity index (χ0n) is 42.6. The standard InChI is InChI=1S/C58H104O6/c1-4-7-10-13-16-19-22-25-27-28-29-30-32-33-36-39-42-45-48-51-57(60)63-54-55(53-62-56(59)50-47-44-41-38-35-24-21-18-15-12-9-6-3)64-58(61)52-49-46-43-40-37-34-31-26-23-20-17-14-11-8-5-2/h16,18-23,25,55H,4-15,17,24,26-54H2,1-3H3/b19-16-,21-18-,23-20-,25-22-. The molecular formula is C58H104O6. The van der Waals surface area contributed by atoms with Crippen molar-refractivity contribution in [1.82, 2.24) is 0 Å². The summed E-state index contributed by atoms with van der Waals surface area (Å²) in [7, 11) is 0. The third-order valence-corrected chi connectivity index (χ3v) is 12.1. The predicted octanol–water partition coefficient (Wildman–Crippen LogP) is 18.3. The van der Waals surface area contributed by atoms with Gasteiger partial charge in [0.05, 0.1) is 0 Å². The second-order valence-electron chi connectivity index (χ2n) is 18.5. The Labute approximate surface area is 397 Å². The Morgan fingerprint density at radius 3 is 0.906 bits per heavy atom. The fourth-order valence-electron chi connectivity index (χ4n) is 7.83. The first-order chi connectivity index (χ1) is 31.5. The van der Waals surface area contributed by atoms with Crippen molar-refractivity contribution in [3.63, 3.8) is 0 Å². The summed E-state index contributed by atoms with van der Waals surface area (Å²) in [5, 5.41) is 0. The van der Waals surface area contributed by atoms with Gasteiger partial charge in [-0.3, -0.25) is 14.4 Å². The molecular weight excluding hydrogens is 793 g/mol. The third kappa shape index (κ3) is 50.4. The number of unbranched alkanes of at least 4 members (excludes halogenated alkanes) is 32. The lowest BCUT2D eigenvalue weighted by atomic mass is 10.1. The summed E-state index contributed by atoms with van der Waals surface area (Å²) in [5.74, 6) is -0.885. The molecule has 0 aliphatic rings. The van der Waals surface area contributed by atoms with E-state index in [-0.39, 0.29) is 31.1 Å². The third-order valence-electron chi connectivity index (χ3n) is 12.1. The van der Waals surface area contributed by atoms with Crippen molar-refractivity contribution in [2.45, 2.75) is 290 Å². The molecule has 1 atom stereocenters. The van der Waals surface area contributed by atoms with Crippen LogP contribution in [0.15, 0.2) is 48.6 Å². The van der Waals surface area contributed by atoms with Crippen molar-refractivity contribution in [3.05, 3.63) is 48.6 Å². The van der Waals surface area contributed by atoms with Gasteiger partial charge in [-0.15, -0.1) is 0 Å². The second kappa shape index (κ2) is 53.0. The van der Waals surface area contributed by atoms with E-state index in [1.807, 2.05) is 0 Å². The van der Waals surface area contributed by atoms with Crippen molar-refractivity contribution in [3.8, 4) is 0 Å². The summed E-state index contributed by atoms with van der Waals surface area (Å²) in [6.07, 6.45) is 63.8. The van der Waals surface area contributed by atoms with Crippen molar-refractivity contribution >= 4 is 17.9 Å². The molecule has 372 valence electrons. The average Bonchev–Trinajstić information content (AvgIpc) is 3.29. The minimum absolute atomic E-state index is 0.0780. The van der Waals surface area contributed by atoms with Crippen LogP contribution in [0, 0.1) is 0 Å². The lowest BCUT2D eigenvalue weighted by Gasteiger charge is -2.18. The molecule has 0 heterocycles. The second-order valence-corrected chi connectivity index (χ2v) is 18.5. The molecule has 0 aromatic heterocycles. The summed E-state index contributed by atoms with van der Waals surface area (Å²) in [5.41, 5.74) is 0. The van der Waals surface area contributed by atoms with Gasteiger partial charge in [0, 0.05) is 19.3 Å². The van der Waals surface area contributed by atoms with E-state index in [1.54, 1.807) is 0 Å². The van der Waals surface area contributed by atoms with Crippen LogP contribution in [0.25, 0.3) is 0 Å². The zero-order chi connectivity index (χ0) is 46.5. The Morgan fingerprint density at radius 2 is 0.562 bits per heavy atom. The van der Waals surface area contributed by atoms with E-state index in [9.17, 15) is 14.4 Å². The molecule has 0 spiro atoms. The van der Waals surface area contributed by atoms with Gasteiger partial charge in [0.2, 0.25) is 0 Å². The average molecular weight is 897 g/mol. The number of ether oxygens (including phenoxy) is 3. The van der Waals surface area contributed by atoms with Crippen LogP contribution < -0.4 is 0 Å². The van der Waals surface area contributed by atoms with Crippen LogP contribution in [0.3, 0.4) is 0 Å². The molecule has 6 heteroatoms. The summed E-state index contributed by atoms with van der Waals surface area (Å²) < 4.78 is 16.8. The van der Waals surface area contributed by atoms with Gasteiger partial charge in [0.25, 0.3) is 0 Å². The number of hydrogen-bond acceptors (Lipinski definition) is 6. The van der Waals surface area contributed by atoms with Gasteiger partial charge >= 0.3 is 17.9 Å². The maximum absolute atomic E-state index is 12.8. The molecule has 6 nitrogen and oxygen atoms in total. The van der Waals surface area contributed by atoms with E-state index in [4.69, 9.17) is 14.2 Å². The minimum Gasteiger partial charge on any atom is -0.462 e. The molecule has 0 saturated carbocycles. The van der Waals surface area contributed by atoms with Crippen molar-refractivity contribution < 1.29 is 28.6 Å². The maximum Gasteiger partial charge on any atom is 0.306 e. The largest absolute Gasteiger partial charge is 0.462 e. The van der Waals surface area contributed by atoms with Crippen molar-refractivity contribution in [1.29, 1.82) is 0 Å². The lowest BCUT2D eigenvalue weighted by molar-refractivity contribution is -0.167. The Kier molecular flexibility index (Phi) is 50.8.